The topological polar surface area (TPSA) is 75.2 Å². The number of anilines is 1. The third-order valence-electron chi connectivity index (χ3n) is 5.72. The molecule has 7 nitrogen and oxygen atoms in total. The second-order valence-electron chi connectivity index (χ2n) is 7.82. The van der Waals surface area contributed by atoms with Crippen LogP contribution in [0, 0.1) is 13.8 Å². The first-order chi connectivity index (χ1) is 14.6. The number of hydrogen-bond donors (Lipinski definition) is 2. The lowest BCUT2D eigenvalue weighted by atomic mass is 10.2. The molecule has 0 saturated carbocycles. The maximum atomic E-state index is 5.30. The normalized spacial score (nSPS) is 16.4. The molecule has 1 fully saturated rings. The predicted octanol–water partition coefficient (Wildman–Crippen LogP) is 2.61. The Morgan fingerprint density at radius 2 is 2.00 bits per heavy atom. The summed E-state index contributed by atoms with van der Waals surface area (Å²) in [6.45, 7) is 8.79. The van der Waals surface area contributed by atoms with Gasteiger partial charge in [-0.3, -0.25) is 9.97 Å². The van der Waals surface area contributed by atoms with Crippen molar-refractivity contribution in [1.29, 1.82) is 0 Å². The molecule has 1 saturated heterocycles. The first-order valence-corrected chi connectivity index (χ1v) is 10.6. The first kappa shape index (κ1) is 20.5. The zero-order chi connectivity index (χ0) is 20.9. The van der Waals surface area contributed by atoms with Crippen molar-refractivity contribution in [2.45, 2.75) is 32.9 Å². The fourth-order valence-electron chi connectivity index (χ4n) is 3.87. The molecule has 1 atom stereocenters. The van der Waals surface area contributed by atoms with Gasteiger partial charge >= 0.3 is 0 Å². The highest BCUT2D eigenvalue weighted by molar-refractivity contribution is 5.88. The first-order valence-electron chi connectivity index (χ1n) is 10.6. The summed E-state index contributed by atoms with van der Waals surface area (Å²) in [5.41, 5.74) is 6.37. The zero-order valence-corrected chi connectivity index (χ0v) is 18.0. The minimum Gasteiger partial charge on any atom is -0.481 e. The Balaban J connectivity index is 1.27. The summed E-state index contributed by atoms with van der Waals surface area (Å²) in [7, 11) is 1.64. The second-order valence-corrected chi connectivity index (χ2v) is 7.82. The molecular formula is C23H30N6O. The molecule has 3 aromatic heterocycles. The van der Waals surface area contributed by atoms with Crippen LogP contribution in [-0.2, 0) is 6.54 Å². The number of rotatable bonds is 8. The van der Waals surface area contributed by atoms with Crippen LogP contribution in [0.25, 0.3) is 11.0 Å². The van der Waals surface area contributed by atoms with Crippen LogP contribution in [0.4, 0.5) is 5.69 Å². The van der Waals surface area contributed by atoms with E-state index in [0.717, 1.165) is 67.3 Å². The number of aromatic nitrogens is 3. The average molecular weight is 407 g/mol. The van der Waals surface area contributed by atoms with E-state index >= 15 is 0 Å². The quantitative estimate of drug-likeness (QED) is 0.557. The van der Waals surface area contributed by atoms with Crippen molar-refractivity contribution in [3.63, 3.8) is 0 Å². The number of nitrogens with one attached hydrogen (secondary N) is 2. The molecule has 1 unspecified atom stereocenters. The van der Waals surface area contributed by atoms with Gasteiger partial charge in [0.15, 0.2) is 0 Å². The molecule has 0 amide bonds. The summed E-state index contributed by atoms with van der Waals surface area (Å²) in [6, 6.07) is 10.6. The van der Waals surface area contributed by atoms with Gasteiger partial charge in [0, 0.05) is 56.7 Å². The summed E-state index contributed by atoms with van der Waals surface area (Å²) < 4.78 is 5.30. The van der Waals surface area contributed by atoms with E-state index in [9.17, 15) is 0 Å². The molecule has 0 spiro atoms. The van der Waals surface area contributed by atoms with Crippen LogP contribution in [0.5, 0.6) is 5.88 Å². The van der Waals surface area contributed by atoms with Crippen LogP contribution in [0.2, 0.25) is 0 Å². The molecule has 2 N–H and O–H groups in total. The van der Waals surface area contributed by atoms with Gasteiger partial charge in [-0.15, -0.1) is 0 Å². The Morgan fingerprint density at radius 1 is 1.10 bits per heavy atom. The van der Waals surface area contributed by atoms with Crippen LogP contribution in [0.1, 0.15) is 23.4 Å². The highest BCUT2D eigenvalue weighted by atomic mass is 16.5. The molecule has 7 heteroatoms. The van der Waals surface area contributed by atoms with E-state index in [2.05, 4.69) is 62.5 Å². The Bertz CT molecular complexity index is 1010. The van der Waals surface area contributed by atoms with E-state index in [4.69, 9.17) is 4.74 Å². The smallest absolute Gasteiger partial charge is 0.213 e. The van der Waals surface area contributed by atoms with Crippen molar-refractivity contribution in [3.8, 4) is 5.88 Å². The summed E-state index contributed by atoms with van der Waals surface area (Å²) in [5.74, 6) is 0.620. The van der Waals surface area contributed by atoms with E-state index in [1.807, 2.05) is 18.3 Å². The van der Waals surface area contributed by atoms with Crippen molar-refractivity contribution in [1.82, 2.24) is 25.6 Å². The van der Waals surface area contributed by atoms with Crippen molar-refractivity contribution >= 4 is 16.7 Å². The number of pyridine rings is 3. The molecular weight excluding hydrogens is 376 g/mol. The minimum atomic E-state index is 0.473. The maximum absolute atomic E-state index is 5.30. The van der Waals surface area contributed by atoms with Crippen molar-refractivity contribution in [2.24, 2.45) is 0 Å². The third kappa shape index (κ3) is 4.68. The number of aryl methyl sites for hydroxylation is 2. The van der Waals surface area contributed by atoms with E-state index in [1.54, 1.807) is 7.11 Å². The molecule has 0 radical (unpaired) electrons. The van der Waals surface area contributed by atoms with Crippen LogP contribution >= 0.6 is 0 Å². The summed E-state index contributed by atoms with van der Waals surface area (Å²) in [4.78, 5) is 16.1. The van der Waals surface area contributed by atoms with Crippen LogP contribution in [0.15, 0.2) is 36.5 Å². The molecule has 1 aliphatic rings. The number of hydrogen-bond acceptors (Lipinski definition) is 7. The third-order valence-corrected chi connectivity index (χ3v) is 5.72. The van der Waals surface area contributed by atoms with Gasteiger partial charge in [0.1, 0.15) is 5.52 Å². The maximum Gasteiger partial charge on any atom is 0.213 e. The Morgan fingerprint density at radius 3 is 2.83 bits per heavy atom. The molecule has 1 aliphatic heterocycles. The highest BCUT2D eigenvalue weighted by Gasteiger charge is 2.24. The van der Waals surface area contributed by atoms with Gasteiger partial charge in [-0.25, -0.2) is 4.98 Å². The highest BCUT2D eigenvalue weighted by Crippen LogP contribution is 2.28. The van der Waals surface area contributed by atoms with Crippen LogP contribution in [0.3, 0.4) is 0 Å². The van der Waals surface area contributed by atoms with E-state index in [1.165, 1.54) is 5.56 Å². The summed E-state index contributed by atoms with van der Waals surface area (Å²) in [6.07, 6.45) is 2.98. The van der Waals surface area contributed by atoms with Crippen molar-refractivity contribution in [2.75, 3.05) is 38.2 Å². The summed E-state index contributed by atoms with van der Waals surface area (Å²) >= 11 is 0. The molecule has 158 valence electrons. The Labute approximate surface area is 177 Å². The second kappa shape index (κ2) is 9.36. The monoisotopic (exact) mass is 406 g/mol. The van der Waals surface area contributed by atoms with E-state index in [-0.39, 0.29) is 0 Å². The predicted molar refractivity (Wildman–Crippen MR) is 120 cm³/mol. The van der Waals surface area contributed by atoms with Gasteiger partial charge in [-0.1, -0.05) is 6.07 Å². The largest absolute Gasteiger partial charge is 0.481 e. The number of fused-ring (bicyclic) bond motifs is 1. The van der Waals surface area contributed by atoms with Crippen LogP contribution in [-0.4, -0.2) is 54.3 Å². The van der Waals surface area contributed by atoms with Gasteiger partial charge in [-0.05, 0) is 44.0 Å². The van der Waals surface area contributed by atoms with Gasteiger partial charge in [-0.2, -0.15) is 0 Å². The van der Waals surface area contributed by atoms with Gasteiger partial charge < -0.3 is 20.3 Å². The zero-order valence-electron chi connectivity index (χ0n) is 18.0. The van der Waals surface area contributed by atoms with Gasteiger partial charge in [0.25, 0.3) is 0 Å². The number of ether oxygens (including phenoxy) is 1. The fraction of sp³-hybridized carbons (Fsp3) is 0.435. The molecule has 4 rings (SSSR count). The van der Waals surface area contributed by atoms with E-state index in [0.29, 0.717) is 11.9 Å². The summed E-state index contributed by atoms with van der Waals surface area (Å²) in [5, 5.41) is 7.15. The molecule has 4 heterocycles. The van der Waals surface area contributed by atoms with Gasteiger partial charge in [0.2, 0.25) is 5.88 Å². The lowest BCUT2D eigenvalue weighted by Gasteiger charge is -2.20. The lowest BCUT2D eigenvalue weighted by Crippen LogP contribution is -2.37. The van der Waals surface area contributed by atoms with Crippen LogP contribution < -0.4 is 20.3 Å². The minimum absolute atomic E-state index is 0.473. The average Bonchev–Trinajstić information content (AvgIpc) is 3.24. The molecule has 30 heavy (non-hydrogen) atoms. The SMILES string of the molecule is COc1ccc2nccc(N3CCC(NCCNCc4ccc(C)c(C)n4)C3)c2n1. The molecule has 3 aromatic rings. The van der Waals surface area contributed by atoms with Crippen molar-refractivity contribution in [3.05, 3.63) is 53.5 Å². The Hall–Kier alpha value is -2.77. The Kier molecular flexibility index (Phi) is 6.40. The number of methoxy groups -OCH3 is 1. The molecule has 0 bridgehead atoms. The standard InChI is InChI=1S/C23H30N6O/c1-16-4-5-18(27-17(16)2)14-24-11-12-25-19-9-13-29(15-19)21-8-10-26-20-6-7-22(30-3)28-23(20)21/h4-8,10,19,24-25H,9,11-15H2,1-3H3. The fourth-order valence-corrected chi connectivity index (χ4v) is 3.87. The van der Waals surface area contributed by atoms with E-state index < -0.39 is 0 Å². The van der Waals surface area contributed by atoms with Gasteiger partial charge in [0.05, 0.1) is 24.0 Å². The molecule has 0 aliphatic carbocycles. The lowest BCUT2D eigenvalue weighted by molar-refractivity contribution is 0.399. The number of nitrogens with zero attached hydrogens (tertiary/aromatic N) is 4. The van der Waals surface area contributed by atoms with Crippen molar-refractivity contribution < 1.29 is 4.74 Å². The molecule has 0 aromatic carbocycles.